The third-order valence-electron chi connectivity index (χ3n) is 3.53. The van der Waals surface area contributed by atoms with Crippen LogP contribution in [0.5, 0.6) is 0 Å². The van der Waals surface area contributed by atoms with Gasteiger partial charge < -0.3 is 5.11 Å². The minimum Gasteiger partial charge on any atom is -0.387 e. The summed E-state index contributed by atoms with van der Waals surface area (Å²) >= 11 is 1.51. The lowest BCUT2D eigenvalue weighted by Crippen LogP contribution is -2.08. The van der Waals surface area contributed by atoms with Gasteiger partial charge in [0.15, 0.2) is 0 Å². The third kappa shape index (κ3) is 2.83. The molecule has 0 radical (unpaired) electrons. The molecule has 1 aliphatic carbocycles. The minimum absolute atomic E-state index is 0.428. The Balaban J connectivity index is 1.76. The molecule has 0 amide bonds. The number of aromatic nitrogens is 5. The van der Waals surface area contributed by atoms with E-state index in [1.165, 1.54) is 24.6 Å². The van der Waals surface area contributed by atoms with Crippen molar-refractivity contribution < 1.29 is 5.11 Å². The molecule has 0 aromatic carbocycles. The smallest absolute Gasteiger partial charge is 0.214 e. The Kier molecular flexibility index (Phi) is 3.98. The molecule has 1 saturated carbocycles. The van der Waals surface area contributed by atoms with Crippen molar-refractivity contribution in [2.45, 2.75) is 54.8 Å². The first-order valence-electron chi connectivity index (χ1n) is 6.84. The highest BCUT2D eigenvalue weighted by Crippen LogP contribution is 2.33. The normalized spacial score (nSPS) is 17.5. The van der Waals surface area contributed by atoms with Gasteiger partial charge in [-0.05, 0) is 54.1 Å². The van der Waals surface area contributed by atoms with Gasteiger partial charge in [0, 0.05) is 11.1 Å². The van der Waals surface area contributed by atoms with Crippen molar-refractivity contribution in [3.63, 3.8) is 0 Å². The largest absolute Gasteiger partial charge is 0.387 e. The Hall–Kier alpha value is -1.47. The Morgan fingerprint density at radius 1 is 1.35 bits per heavy atom. The Labute approximate surface area is 121 Å². The van der Waals surface area contributed by atoms with Crippen molar-refractivity contribution >= 4 is 11.8 Å². The number of rotatable bonds is 4. The van der Waals surface area contributed by atoms with E-state index in [9.17, 15) is 5.11 Å². The topological polar surface area (TPSA) is 76.7 Å². The number of pyridine rings is 1. The van der Waals surface area contributed by atoms with Gasteiger partial charge in [-0.3, -0.25) is 4.98 Å². The molecule has 0 spiro atoms. The molecule has 1 atom stereocenters. The quantitative estimate of drug-likeness (QED) is 0.932. The molecule has 0 unspecified atom stereocenters. The van der Waals surface area contributed by atoms with Crippen LogP contribution in [-0.2, 0) is 0 Å². The first kappa shape index (κ1) is 13.5. The van der Waals surface area contributed by atoms with E-state index in [0.717, 1.165) is 22.9 Å². The third-order valence-corrected chi connectivity index (χ3v) is 4.46. The van der Waals surface area contributed by atoms with Crippen LogP contribution >= 0.6 is 11.8 Å². The first-order chi connectivity index (χ1) is 9.74. The van der Waals surface area contributed by atoms with E-state index in [1.54, 1.807) is 13.1 Å². The number of nitrogens with zero attached hydrogens (tertiary/aromatic N) is 5. The molecule has 2 heterocycles. The van der Waals surface area contributed by atoms with Crippen LogP contribution in [0, 0.1) is 0 Å². The summed E-state index contributed by atoms with van der Waals surface area (Å²) in [5, 5.41) is 22.3. The molecule has 6 nitrogen and oxygen atoms in total. The molecule has 106 valence electrons. The molecule has 2 aromatic rings. The van der Waals surface area contributed by atoms with Crippen LogP contribution in [0.2, 0.25) is 0 Å². The molecule has 20 heavy (non-hydrogen) atoms. The molecule has 1 fully saturated rings. The van der Waals surface area contributed by atoms with Crippen molar-refractivity contribution in [2.75, 3.05) is 0 Å². The molecule has 0 saturated heterocycles. The fraction of sp³-hybridized carbons (Fsp3) is 0.538. The standard InChI is InChI=1S/C13H17N5OS/c1-9(19)12-7-6-11(8-14-12)20-13-15-16-17-18(13)10-4-2-3-5-10/h6-10,19H,2-5H2,1H3/t9-/m1/s1. The highest BCUT2D eigenvalue weighted by atomic mass is 32.2. The predicted octanol–water partition coefficient (Wildman–Crippen LogP) is 2.39. The van der Waals surface area contributed by atoms with Gasteiger partial charge in [-0.2, -0.15) is 0 Å². The van der Waals surface area contributed by atoms with Gasteiger partial charge in [-0.25, -0.2) is 4.68 Å². The molecular formula is C13H17N5OS. The zero-order valence-corrected chi connectivity index (χ0v) is 12.1. The average molecular weight is 291 g/mol. The summed E-state index contributed by atoms with van der Waals surface area (Å²) in [6.45, 7) is 1.70. The molecule has 2 aromatic heterocycles. The predicted molar refractivity (Wildman–Crippen MR) is 74.3 cm³/mol. The lowest BCUT2D eigenvalue weighted by Gasteiger charge is -2.10. The summed E-state index contributed by atoms with van der Waals surface area (Å²) in [7, 11) is 0. The number of aliphatic hydroxyl groups is 1. The van der Waals surface area contributed by atoms with E-state index in [4.69, 9.17) is 0 Å². The summed E-state index contributed by atoms with van der Waals surface area (Å²) in [6, 6.07) is 4.20. The van der Waals surface area contributed by atoms with Crippen molar-refractivity contribution in [3.05, 3.63) is 24.0 Å². The first-order valence-corrected chi connectivity index (χ1v) is 7.65. The maximum atomic E-state index is 9.45. The van der Waals surface area contributed by atoms with Crippen molar-refractivity contribution in [3.8, 4) is 0 Å². The van der Waals surface area contributed by atoms with Crippen molar-refractivity contribution in [1.29, 1.82) is 0 Å². The van der Waals surface area contributed by atoms with Crippen LogP contribution in [0.25, 0.3) is 0 Å². The molecule has 1 N–H and O–H groups in total. The van der Waals surface area contributed by atoms with E-state index in [0.29, 0.717) is 11.7 Å². The second-order valence-corrected chi connectivity index (χ2v) is 6.08. The van der Waals surface area contributed by atoms with Gasteiger partial charge in [0.2, 0.25) is 5.16 Å². The molecule has 1 aliphatic rings. The SMILES string of the molecule is C[C@@H](O)c1ccc(Sc2nnnn2C2CCCC2)cn1. The van der Waals surface area contributed by atoms with Gasteiger partial charge in [0.05, 0.1) is 17.8 Å². The summed E-state index contributed by atoms with van der Waals surface area (Å²) in [5.74, 6) is 0. The Bertz CT molecular complexity index is 562. The van der Waals surface area contributed by atoms with Crippen LogP contribution < -0.4 is 0 Å². The summed E-state index contributed by atoms with van der Waals surface area (Å²) in [6.07, 6.45) is 6.01. The molecular weight excluding hydrogens is 274 g/mol. The molecule has 0 aliphatic heterocycles. The van der Waals surface area contributed by atoms with E-state index >= 15 is 0 Å². The molecule has 3 rings (SSSR count). The molecule has 7 heteroatoms. The second-order valence-electron chi connectivity index (χ2n) is 5.04. The number of hydrogen-bond acceptors (Lipinski definition) is 6. The highest BCUT2D eigenvalue weighted by molar-refractivity contribution is 7.99. The molecule has 0 bridgehead atoms. The monoisotopic (exact) mass is 291 g/mol. The van der Waals surface area contributed by atoms with E-state index in [1.807, 2.05) is 16.8 Å². The average Bonchev–Trinajstić information content (AvgIpc) is 3.09. The van der Waals surface area contributed by atoms with E-state index in [-0.39, 0.29) is 0 Å². The van der Waals surface area contributed by atoms with Crippen LogP contribution in [-0.4, -0.2) is 30.3 Å². The van der Waals surface area contributed by atoms with Gasteiger partial charge in [0.25, 0.3) is 0 Å². The van der Waals surface area contributed by atoms with Crippen molar-refractivity contribution in [1.82, 2.24) is 25.2 Å². The van der Waals surface area contributed by atoms with E-state index < -0.39 is 6.10 Å². The lowest BCUT2D eigenvalue weighted by atomic mass is 10.2. The van der Waals surface area contributed by atoms with Crippen LogP contribution in [0.1, 0.15) is 50.4 Å². The summed E-state index contributed by atoms with van der Waals surface area (Å²) in [4.78, 5) is 5.21. The van der Waals surface area contributed by atoms with Crippen LogP contribution in [0.4, 0.5) is 0 Å². The highest BCUT2D eigenvalue weighted by Gasteiger charge is 2.21. The Morgan fingerprint density at radius 3 is 2.80 bits per heavy atom. The van der Waals surface area contributed by atoms with Gasteiger partial charge >= 0.3 is 0 Å². The van der Waals surface area contributed by atoms with Crippen LogP contribution in [0.15, 0.2) is 28.4 Å². The lowest BCUT2D eigenvalue weighted by molar-refractivity contribution is 0.194. The maximum Gasteiger partial charge on any atom is 0.214 e. The van der Waals surface area contributed by atoms with Gasteiger partial charge in [-0.15, -0.1) is 5.10 Å². The summed E-state index contributed by atoms with van der Waals surface area (Å²) < 4.78 is 1.93. The van der Waals surface area contributed by atoms with E-state index in [2.05, 4.69) is 20.5 Å². The Morgan fingerprint density at radius 2 is 2.15 bits per heavy atom. The number of aliphatic hydroxyl groups excluding tert-OH is 1. The minimum atomic E-state index is -0.544. The van der Waals surface area contributed by atoms with Gasteiger partial charge in [0.1, 0.15) is 0 Å². The number of tetrazole rings is 1. The fourth-order valence-electron chi connectivity index (χ4n) is 2.44. The second kappa shape index (κ2) is 5.88. The van der Waals surface area contributed by atoms with Crippen LogP contribution in [0.3, 0.4) is 0 Å². The fourth-order valence-corrected chi connectivity index (χ4v) is 3.24. The van der Waals surface area contributed by atoms with Crippen molar-refractivity contribution in [2.24, 2.45) is 0 Å². The number of hydrogen-bond donors (Lipinski definition) is 1. The summed E-state index contributed by atoms with van der Waals surface area (Å²) in [5.41, 5.74) is 0.671. The van der Waals surface area contributed by atoms with Gasteiger partial charge in [-0.1, -0.05) is 12.8 Å². The maximum absolute atomic E-state index is 9.45. The zero-order chi connectivity index (χ0) is 13.9. The zero-order valence-electron chi connectivity index (χ0n) is 11.3.